The highest BCUT2D eigenvalue weighted by Crippen LogP contribution is 2.34. The predicted octanol–water partition coefficient (Wildman–Crippen LogP) is 3.71. The van der Waals surface area contributed by atoms with Crippen molar-refractivity contribution in [3.05, 3.63) is 113 Å². The molecule has 180 valence electrons. The SMILES string of the molecule is O=C(NCc1ccc(Cc2ccc(O)cc2)nc1)c1ccc2c(c1)NC(=O)c1ccccc1S2(=O)=O. The van der Waals surface area contributed by atoms with E-state index < -0.39 is 21.7 Å². The Kier molecular flexibility index (Phi) is 5.99. The van der Waals surface area contributed by atoms with Crippen LogP contribution in [0.3, 0.4) is 0 Å². The zero-order valence-electron chi connectivity index (χ0n) is 18.9. The van der Waals surface area contributed by atoms with E-state index in [4.69, 9.17) is 0 Å². The smallest absolute Gasteiger partial charge is 0.257 e. The molecule has 3 aromatic carbocycles. The fourth-order valence-corrected chi connectivity index (χ4v) is 5.56. The lowest BCUT2D eigenvalue weighted by Gasteiger charge is -2.10. The Hall–Kier alpha value is -4.50. The fourth-order valence-electron chi connectivity index (χ4n) is 3.97. The number of nitrogens with one attached hydrogen (secondary N) is 2. The van der Waals surface area contributed by atoms with Crippen molar-refractivity contribution in [3.8, 4) is 5.75 Å². The Bertz CT molecular complexity index is 1580. The molecule has 0 bridgehead atoms. The summed E-state index contributed by atoms with van der Waals surface area (Å²) in [4.78, 5) is 29.7. The first-order valence-corrected chi connectivity index (χ1v) is 12.6. The van der Waals surface area contributed by atoms with Crippen LogP contribution in [0, 0.1) is 0 Å². The van der Waals surface area contributed by atoms with E-state index in [0.29, 0.717) is 6.42 Å². The molecule has 2 amide bonds. The summed E-state index contributed by atoms with van der Waals surface area (Å²) >= 11 is 0. The number of rotatable bonds is 5. The number of sulfone groups is 1. The summed E-state index contributed by atoms with van der Waals surface area (Å²) in [5.41, 5.74) is 2.98. The molecule has 1 aromatic heterocycles. The maximum Gasteiger partial charge on any atom is 0.257 e. The van der Waals surface area contributed by atoms with Crippen LogP contribution in [0.25, 0.3) is 0 Å². The second-order valence-electron chi connectivity index (χ2n) is 8.35. The summed E-state index contributed by atoms with van der Waals surface area (Å²) in [5, 5.41) is 14.8. The second-order valence-corrected chi connectivity index (χ2v) is 10.2. The zero-order chi connectivity index (χ0) is 25.3. The quantitative estimate of drug-likeness (QED) is 0.384. The lowest BCUT2D eigenvalue weighted by atomic mass is 10.1. The van der Waals surface area contributed by atoms with E-state index >= 15 is 0 Å². The Morgan fingerprint density at radius 3 is 2.42 bits per heavy atom. The number of hydrogen-bond donors (Lipinski definition) is 3. The largest absolute Gasteiger partial charge is 0.508 e. The van der Waals surface area contributed by atoms with E-state index in [1.54, 1.807) is 30.5 Å². The number of hydrogen-bond acceptors (Lipinski definition) is 6. The normalized spacial score (nSPS) is 13.6. The number of carbonyl (C=O) groups excluding carboxylic acids is 2. The number of fused-ring (bicyclic) bond motifs is 2. The number of phenols is 1. The second kappa shape index (κ2) is 9.27. The summed E-state index contributed by atoms with van der Waals surface area (Å²) in [6.45, 7) is 0.221. The maximum absolute atomic E-state index is 13.1. The van der Waals surface area contributed by atoms with Crippen LogP contribution in [0.2, 0.25) is 0 Å². The van der Waals surface area contributed by atoms with Gasteiger partial charge >= 0.3 is 0 Å². The van der Waals surface area contributed by atoms with Gasteiger partial charge in [0.2, 0.25) is 9.84 Å². The Morgan fingerprint density at radius 2 is 1.67 bits per heavy atom. The van der Waals surface area contributed by atoms with Gasteiger partial charge in [0.15, 0.2) is 0 Å². The minimum Gasteiger partial charge on any atom is -0.508 e. The summed E-state index contributed by atoms with van der Waals surface area (Å²) in [6, 6.07) is 20.8. The van der Waals surface area contributed by atoms with E-state index in [0.717, 1.165) is 16.8 Å². The number of pyridine rings is 1. The van der Waals surface area contributed by atoms with Gasteiger partial charge < -0.3 is 15.7 Å². The topological polar surface area (TPSA) is 125 Å². The van der Waals surface area contributed by atoms with Gasteiger partial charge in [0.25, 0.3) is 11.8 Å². The minimum absolute atomic E-state index is 0.0565. The summed E-state index contributed by atoms with van der Waals surface area (Å²) in [5.74, 6) is -0.760. The standard InChI is InChI=1S/C27H21N3O5S/c31-21-10-6-17(7-11-21)13-20-9-5-18(15-28-20)16-29-26(32)19-8-12-25-23(14-19)30-27(33)22-3-1-2-4-24(22)36(25,34)35/h1-12,14-15,31H,13,16H2,(H,29,32)(H,30,33). The van der Waals surface area contributed by atoms with Gasteiger partial charge in [0.05, 0.1) is 21.0 Å². The van der Waals surface area contributed by atoms with Crippen molar-refractivity contribution in [2.24, 2.45) is 0 Å². The molecule has 2 heterocycles. The van der Waals surface area contributed by atoms with Crippen LogP contribution in [0.1, 0.15) is 37.5 Å². The summed E-state index contributed by atoms with van der Waals surface area (Å²) in [7, 11) is -3.93. The number of benzene rings is 3. The van der Waals surface area contributed by atoms with Crippen molar-refractivity contribution >= 4 is 27.3 Å². The number of nitrogens with zero attached hydrogens (tertiary/aromatic N) is 1. The van der Waals surface area contributed by atoms with E-state index in [-0.39, 0.29) is 38.9 Å². The molecule has 0 saturated carbocycles. The summed E-state index contributed by atoms with van der Waals surface area (Å²) < 4.78 is 26.2. The molecule has 8 nitrogen and oxygen atoms in total. The number of anilines is 1. The van der Waals surface area contributed by atoms with Crippen LogP contribution in [-0.4, -0.2) is 30.3 Å². The van der Waals surface area contributed by atoms with Crippen LogP contribution in [0.4, 0.5) is 5.69 Å². The molecule has 0 atom stereocenters. The lowest BCUT2D eigenvalue weighted by Crippen LogP contribution is -2.23. The third kappa shape index (κ3) is 4.56. The highest BCUT2D eigenvalue weighted by Gasteiger charge is 2.31. The highest BCUT2D eigenvalue weighted by atomic mass is 32.2. The minimum atomic E-state index is -3.93. The molecule has 0 aliphatic carbocycles. The molecule has 0 unspecified atom stereocenters. The average molecular weight is 500 g/mol. The van der Waals surface area contributed by atoms with Crippen molar-refractivity contribution in [2.75, 3.05) is 5.32 Å². The van der Waals surface area contributed by atoms with Crippen molar-refractivity contribution in [3.63, 3.8) is 0 Å². The van der Waals surface area contributed by atoms with Gasteiger partial charge in [-0.25, -0.2) is 8.42 Å². The highest BCUT2D eigenvalue weighted by molar-refractivity contribution is 7.91. The number of amides is 2. The van der Waals surface area contributed by atoms with Gasteiger partial charge in [-0.05, 0) is 59.7 Å². The molecule has 4 aromatic rings. The molecule has 36 heavy (non-hydrogen) atoms. The third-order valence-electron chi connectivity index (χ3n) is 5.86. The van der Waals surface area contributed by atoms with Crippen LogP contribution in [0.5, 0.6) is 5.75 Å². The van der Waals surface area contributed by atoms with Crippen molar-refractivity contribution in [1.82, 2.24) is 10.3 Å². The maximum atomic E-state index is 13.1. The molecule has 9 heteroatoms. The first-order chi connectivity index (χ1) is 17.3. The molecule has 0 saturated heterocycles. The van der Waals surface area contributed by atoms with E-state index in [2.05, 4.69) is 15.6 Å². The van der Waals surface area contributed by atoms with Gasteiger partial charge in [0.1, 0.15) is 5.75 Å². The van der Waals surface area contributed by atoms with E-state index in [9.17, 15) is 23.1 Å². The molecule has 0 radical (unpaired) electrons. The van der Waals surface area contributed by atoms with E-state index in [1.807, 2.05) is 24.3 Å². The molecular formula is C27H21N3O5S. The third-order valence-corrected chi connectivity index (χ3v) is 7.73. The van der Waals surface area contributed by atoms with E-state index in [1.165, 1.54) is 30.3 Å². The average Bonchev–Trinajstić information content (AvgIpc) is 2.97. The number of aromatic nitrogens is 1. The molecule has 1 aliphatic heterocycles. The van der Waals surface area contributed by atoms with Crippen LogP contribution in [0.15, 0.2) is 94.9 Å². The molecule has 0 spiro atoms. The van der Waals surface area contributed by atoms with Crippen molar-refractivity contribution in [2.45, 2.75) is 22.8 Å². The Labute approximate surface area is 207 Å². The number of carbonyl (C=O) groups is 2. The van der Waals surface area contributed by atoms with Crippen molar-refractivity contribution < 1.29 is 23.1 Å². The number of aromatic hydroxyl groups is 1. The molecule has 3 N–H and O–H groups in total. The first kappa shape index (κ1) is 23.3. The van der Waals surface area contributed by atoms with Crippen LogP contribution < -0.4 is 10.6 Å². The zero-order valence-corrected chi connectivity index (χ0v) is 19.7. The first-order valence-electron chi connectivity index (χ1n) is 11.1. The Morgan fingerprint density at radius 1 is 0.917 bits per heavy atom. The van der Waals surface area contributed by atoms with Gasteiger partial charge in [-0.15, -0.1) is 0 Å². The summed E-state index contributed by atoms with van der Waals surface area (Å²) in [6.07, 6.45) is 2.29. The molecule has 0 fully saturated rings. The van der Waals surface area contributed by atoms with Gasteiger partial charge in [0, 0.05) is 30.4 Å². The lowest BCUT2D eigenvalue weighted by molar-refractivity contribution is 0.0949. The van der Waals surface area contributed by atoms with Crippen LogP contribution in [-0.2, 0) is 22.8 Å². The predicted molar refractivity (Wildman–Crippen MR) is 133 cm³/mol. The monoisotopic (exact) mass is 499 g/mol. The molecule has 5 rings (SSSR count). The van der Waals surface area contributed by atoms with Crippen LogP contribution >= 0.6 is 0 Å². The van der Waals surface area contributed by atoms with Gasteiger partial charge in [-0.3, -0.25) is 14.6 Å². The molecular weight excluding hydrogens is 478 g/mol. The molecule has 1 aliphatic rings. The van der Waals surface area contributed by atoms with Gasteiger partial charge in [-0.2, -0.15) is 0 Å². The van der Waals surface area contributed by atoms with Gasteiger partial charge in [-0.1, -0.05) is 30.3 Å². The van der Waals surface area contributed by atoms with Crippen molar-refractivity contribution in [1.29, 1.82) is 0 Å². The Balaban J connectivity index is 1.28. The fraction of sp³-hybridized carbons (Fsp3) is 0.0741. The number of phenolic OH excluding ortho intramolecular Hbond substituents is 1.